The monoisotopic (exact) mass is 145 g/mol. The van der Waals surface area contributed by atoms with Gasteiger partial charge in [-0.25, -0.2) is 0 Å². The number of hydrogen-bond acceptors (Lipinski definition) is 2. The van der Waals surface area contributed by atoms with E-state index in [9.17, 15) is 0 Å². The zero-order chi connectivity index (χ0) is 7.28. The lowest BCUT2D eigenvalue weighted by molar-refractivity contribution is 0.335. The van der Waals surface area contributed by atoms with Crippen LogP contribution in [0, 0.1) is 0 Å². The fourth-order valence-electron chi connectivity index (χ4n) is 0.705. The van der Waals surface area contributed by atoms with Gasteiger partial charge in [0.2, 0.25) is 0 Å². The molecule has 1 nitrogen and oxygen atoms in total. The first kappa shape index (κ1) is 9.05. The van der Waals surface area contributed by atoms with Crippen LogP contribution in [0.4, 0.5) is 0 Å². The van der Waals surface area contributed by atoms with Crippen LogP contribution in [0.2, 0.25) is 0 Å². The van der Waals surface area contributed by atoms with Crippen molar-refractivity contribution in [3.05, 3.63) is 11.5 Å². The van der Waals surface area contributed by atoms with E-state index in [0.717, 1.165) is 24.5 Å². The molecule has 0 aliphatic rings. The number of hydrogen-bond donors (Lipinski definition) is 1. The Morgan fingerprint density at radius 3 is 2.00 bits per heavy atom. The van der Waals surface area contributed by atoms with Crippen molar-refractivity contribution in [3.8, 4) is 0 Å². The molecule has 0 heterocycles. The molecular weight excluding hydrogens is 130 g/mol. The summed E-state index contributed by atoms with van der Waals surface area (Å²) in [5.41, 5.74) is 0. The zero-order valence-electron chi connectivity index (χ0n) is 6.22. The van der Waals surface area contributed by atoms with Crippen molar-refractivity contribution >= 4 is 12.6 Å². The Morgan fingerprint density at radius 1 is 1.44 bits per heavy atom. The Labute approximate surface area is 63.2 Å². The quantitative estimate of drug-likeness (QED) is 0.590. The molecule has 0 radical (unpaired) electrons. The Bertz CT molecular complexity index is 86.9. The fourth-order valence-corrected chi connectivity index (χ4v) is 0.905. The summed E-state index contributed by atoms with van der Waals surface area (Å²) in [5, 5.41) is 0. The normalized spacial score (nSPS) is 10.2. The van der Waals surface area contributed by atoms with Gasteiger partial charge in [-0.1, -0.05) is 20.4 Å². The summed E-state index contributed by atoms with van der Waals surface area (Å²) >= 11 is 4.11. The van der Waals surface area contributed by atoms with Gasteiger partial charge in [0.1, 0.15) is 0 Å². The van der Waals surface area contributed by atoms with Crippen molar-refractivity contribution in [2.75, 3.05) is 19.6 Å². The second-order valence-electron chi connectivity index (χ2n) is 2.03. The molecule has 0 aliphatic carbocycles. The Morgan fingerprint density at radius 2 is 1.89 bits per heavy atom. The first-order chi connectivity index (χ1) is 4.20. The summed E-state index contributed by atoms with van der Waals surface area (Å²) in [6, 6.07) is 0. The maximum Gasteiger partial charge on any atom is 0.0284 e. The predicted molar refractivity (Wildman–Crippen MR) is 45.9 cm³/mol. The topological polar surface area (TPSA) is 3.24 Å². The minimum Gasteiger partial charge on any atom is -0.299 e. The lowest BCUT2D eigenvalue weighted by Gasteiger charge is -2.16. The maximum atomic E-state index is 4.11. The van der Waals surface area contributed by atoms with Gasteiger partial charge in [-0.3, -0.25) is 4.90 Å². The molecule has 0 aromatic heterocycles. The van der Waals surface area contributed by atoms with E-state index in [2.05, 4.69) is 38.0 Å². The highest BCUT2D eigenvalue weighted by Gasteiger charge is 1.96. The first-order valence-corrected chi connectivity index (χ1v) is 3.74. The summed E-state index contributed by atoms with van der Waals surface area (Å²) in [6.45, 7) is 11.1. The van der Waals surface area contributed by atoms with Crippen molar-refractivity contribution in [1.82, 2.24) is 4.90 Å². The SMILES string of the molecule is C=C(S)CN(CC)CC. The number of thiol groups is 1. The third kappa shape index (κ3) is 4.55. The van der Waals surface area contributed by atoms with Gasteiger partial charge in [0.15, 0.2) is 0 Å². The average Bonchev–Trinajstić information content (AvgIpc) is 1.82. The van der Waals surface area contributed by atoms with E-state index in [1.807, 2.05) is 0 Å². The van der Waals surface area contributed by atoms with Crippen LogP contribution in [0.5, 0.6) is 0 Å². The van der Waals surface area contributed by atoms with Crippen LogP contribution in [0.25, 0.3) is 0 Å². The first-order valence-electron chi connectivity index (χ1n) is 3.29. The molecule has 0 rings (SSSR count). The minimum atomic E-state index is 0.913. The average molecular weight is 145 g/mol. The van der Waals surface area contributed by atoms with E-state index >= 15 is 0 Å². The van der Waals surface area contributed by atoms with Crippen LogP contribution in [0.1, 0.15) is 13.8 Å². The van der Waals surface area contributed by atoms with E-state index in [0.29, 0.717) is 0 Å². The number of nitrogens with zero attached hydrogens (tertiary/aromatic N) is 1. The lowest BCUT2D eigenvalue weighted by atomic mass is 10.5. The Kier molecular flexibility index (Phi) is 4.91. The van der Waals surface area contributed by atoms with Crippen LogP contribution < -0.4 is 0 Å². The molecule has 0 aliphatic heterocycles. The summed E-state index contributed by atoms with van der Waals surface area (Å²) in [5.74, 6) is 0. The zero-order valence-corrected chi connectivity index (χ0v) is 7.12. The highest BCUT2D eigenvalue weighted by molar-refractivity contribution is 7.84. The molecule has 0 saturated heterocycles. The van der Waals surface area contributed by atoms with Crippen molar-refractivity contribution in [2.45, 2.75) is 13.8 Å². The van der Waals surface area contributed by atoms with Crippen LogP contribution in [0.15, 0.2) is 11.5 Å². The van der Waals surface area contributed by atoms with Gasteiger partial charge in [0.05, 0.1) is 0 Å². The molecule has 9 heavy (non-hydrogen) atoms. The van der Waals surface area contributed by atoms with E-state index < -0.39 is 0 Å². The summed E-state index contributed by atoms with van der Waals surface area (Å²) in [6.07, 6.45) is 0. The molecule has 2 heteroatoms. The molecule has 0 fully saturated rings. The number of rotatable bonds is 4. The van der Waals surface area contributed by atoms with Gasteiger partial charge in [-0.15, -0.1) is 12.6 Å². The van der Waals surface area contributed by atoms with Crippen LogP contribution >= 0.6 is 12.6 Å². The largest absolute Gasteiger partial charge is 0.299 e. The predicted octanol–water partition coefficient (Wildman–Crippen LogP) is 1.77. The molecule has 0 N–H and O–H groups in total. The molecule has 0 aromatic carbocycles. The molecule has 0 amide bonds. The van der Waals surface area contributed by atoms with Gasteiger partial charge in [0, 0.05) is 6.54 Å². The molecule has 0 spiro atoms. The fraction of sp³-hybridized carbons (Fsp3) is 0.714. The molecule has 54 valence electrons. The number of likely N-dealkylation sites (N-methyl/N-ethyl adjacent to an activating group) is 1. The Balaban J connectivity index is 3.43. The third-order valence-electron chi connectivity index (χ3n) is 1.30. The van der Waals surface area contributed by atoms with E-state index in [1.165, 1.54) is 0 Å². The van der Waals surface area contributed by atoms with Crippen molar-refractivity contribution in [1.29, 1.82) is 0 Å². The lowest BCUT2D eigenvalue weighted by Crippen LogP contribution is -2.23. The van der Waals surface area contributed by atoms with Gasteiger partial charge < -0.3 is 0 Å². The van der Waals surface area contributed by atoms with Crippen LogP contribution in [0.3, 0.4) is 0 Å². The van der Waals surface area contributed by atoms with E-state index in [4.69, 9.17) is 0 Å². The summed E-state index contributed by atoms with van der Waals surface area (Å²) in [7, 11) is 0. The van der Waals surface area contributed by atoms with Gasteiger partial charge in [-0.05, 0) is 18.0 Å². The third-order valence-corrected chi connectivity index (χ3v) is 1.44. The molecule has 0 unspecified atom stereocenters. The molecular formula is C7H15NS. The van der Waals surface area contributed by atoms with E-state index in [-0.39, 0.29) is 0 Å². The summed E-state index contributed by atoms with van der Waals surface area (Å²) in [4.78, 5) is 3.22. The second kappa shape index (κ2) is 4.89. The highest BCUT2D eigenvalue weighted by atomic mass is 32.1. The van der Waals surface area contributed by atoms with Crippen molar-refractivity contribution in [3.63, 3.8) is 0 Å². The maximum absolute atomic E-state index is 4.11. The Hall–Kier alpha value is 0.0500. The molecule has 0 atom stereocenters. The van der Waals surface area contributed by atoms with Crippen molar-refractivity contribution < 1.29 is 0 Å². The van der Waals surface area contributed by atoms with Gasteiger partial charge >= 0.3 is 0 Å². The van der Waals surface area contributed by atoms with E-state index in [1.54, 1.807) is 0 Å². The molecule has 0 aromatic rings. The molecule has 0 saturated carbocycles. The second-order valence-corrected chi connectivity index (χ2v) is 2.66. The smallest absolute Gasteiger partial charge is 0.0284 e. The minimum absolute atomic E-state index is 0.913. The summed E-state index contributed by atoms with van der Waals surface area (Å²) < 4.78 is 0. The van der Waals surface area contributed by atoms with Crippen molar-refractivity contribution in [2.24, 2.45) is 0 Å². The standard InChI is InChI=1S/C7H15NS/c1-4-8(5-2)6-7(3)9/h9H,3-6H2,1-2H3. The van der Waals surface area contributed by atoms with Gasteiger partial charge in [0.25, 0.3) is 0 Å². The van der Waals surface area contributed by atoms with Crippen LogP contribution in [-0.2, 0) is 0 Å². The van der Waals surface area contributed by atoms with Crippen LogP contribution in [-0.4, -0.2) is 24.5 Å². The van der Waals surface area contributed by atoms with Gasteiger partial charge in [-0.2, -0.15) is 0 Å². The highest BCUT2D eigenvalue weighted by Crippen LogP contribution is 1.98. The molecule has 0 bridgehead atoms.